The Morgan fingerprint density at radius 3 is 2.62 bits per heavy atom. The summed E-state index contributed by atoms with van der Waals surface area (Å²) in [6, 6.07) is 10.2. The normalized spacial score (nSPS) is 11.0. The summed E-state index contributed by atoms with van der Waals surface area (Å²) in [6.45, 7) is 2.06. The fraction of sp³-hybridized carbons (Fsp3) is 0.188. The molecule has 1 aromatic carbocycles. The molecule has 0 saturated heterocycles. The number of nitrogen functional groups attached to an aromatic ring is 1. The molecule has 2 N–H and O–H groups in total. The Morgan fingerprint density at radius 2 is 1.95 bits per heavy atom. The maximum Gasteiger partial charge on any atom is 0.139 e. The summed E-state index contributed by atoms with van der Waals surface area (Å²) in [6.07, 6.45) is 2.00. The lowest BCUT2D eigenvalue weighted by Crippen LogP contribution is -2.09. The number of hydrogen-bond donors (Lipinski definition) is 1. The Bertz CT molecular complexity index is 821. The molecule has 3 aromatic rings. The molecule has 0 fully saturated rings. The molecule has 2 aromatic heterocycles. The molecule has 0 aliphatic carbocycles. The zero-order valence-electron chi connectivity index (χ0n) is 12.3. The third-order valence-electron chi connectivity index (χ3n) is 3.54. The molecule has 0 bridgehead atoms. The first-order valence-electron chi connectivity index (χ1n) is 6.69. The number of benzene rings is 1. The first kappa shape index (κ1) is 13.9. The van der Waals surface area contributed by atoms with Gasteiger partial charge >= 0.3 is 0 Å². The van der Waals surface area contributed by atoms with Crippen LogP contribution in [0.5, 0.6) is 0 Å². The van der Waals surface area contributed by atoms with E-state index in [1.165, 1.54) is 5.56 Å². The van der Waals surface area contributed by atoms with Crippen LogP contribution >= 0.6 is 15.9 Å². The van der Waals surface area contributed by atoms with Gasteiger partial charge in [-0.1, -0.05) is 28.1 Å². The number of halogens is 1. The third kappa shape index (κ3) is 2.38. The topological polar surface area (TPSA) is 46.6 Å². The SMILES string of the molecule is Cc1ccc(-c2nc3ccc(N(C)C)cn3c2N)c(Br)c1. The Hall–Kier alpha value is -2.01. The average Bonchev–Trinajstić information content (AvgIpc) is 2.75. The minimum Gasteiger partial charge on any atom is -0.383 e. The van der Waals surface area contributed by atoms with Gasteiger partial charge in [-0.25, -0.2) is 4.98 Å². The van der Waals surface area contributed by atoms with E-state index in [0.717, 1.165) is 27.1 Å². The lowest BCUT2D eigenvalue weighted by atomic mass is 10.1. The molecular formula is C16H17BrN4. The van der Waals surface area contributed by atoms with Crippen molar-refractivity contribution < 1.29 is 0 Å². The Kier molecular flexibility index (Phi) is 3.37. The van der Waals surface area contributed by atoms with Crippen LogP contribution < -0.4 is 10.6 Å². The van der Waals surface area contributed by atoms with Gasteiger partial charge in [-0.3, -0.25) is 4.40 Å². The van der Waals surface area contributed by atoms with E-state index in [9.17, 15) is 0 Å². The highest BCUT2D eigenvalue weighted by Crippen LogP contribution is 2.33. The summed E-state index contributed by atoms with van der Waals surface area (Å²) in [5.74, 6) is 0.651. The van der Waals surface area contributed by atoms with Gasteiger partial charge in [0, 0.05) is 30.3 Å². The first-order valence-corrected chi connectivity index (χ1v) is 7.48. The smallest absolute Gasteiger partial charge is 0.139 e. The number of aryl methyl sites for hydroxylation is 1. The van der Waals surface area contributed by atoms with E-state index in [0.29, 0.717) is 5.82 Å². The zero-order chi connectivity index (χ0) is 15.1. The molecule has 4 nitrogen and oxygen atoms in total. The van der Waals surface area contributed by atoms with Crippen molar-refractivity contribution in [3.63, 3.8) is 0 Å². The Morgan fingerprint density at radius 1 is 1.19 bits per heavy atom. The van der Waals surface area contributed by atoms with Gasteiger partial charge in [0.25, 0.3) is 0 Å². The zero-order valence-corrected chi connectivity index (χ0v) is 13.8. The maximum absolute atomic E-state index is 6.31. The molecule has 0 amide bonds. The van der Waals surface area contributed by atoms with Crippen molar-refractivity contribution in [1.82, 2.24) is 9.38 Å². The van der Waals surface area contributed by atoms with Gasteiger partial charge < -0.3 is 10.6 Å². The molecule has 0 aliphatic heterocycles. The highest BCUT2D eigenvalue weighted by Gasteiger charge is 2.14. The van der Waals surface area contributed by atoms with E-state index in [2.05, 4.69) is 40.0 Å². The number of nitrogens with two attached hydrogens (primary N) is 1. The van der Waals surface area contributed by atoms with Crippen molar-refractivity contribution in [2.24, 2.45) is 0 Å². The monoisotopic (exact) mass is 344 g/mol. The number of imidazole rings is 1. The van der Waals surface area contributed by atoms with E-state index >= 15 is 0 Å². The molecule has 3 rings (SSSR count). The second kappa shape index (κ2) is 5.07. The van der Waals surface area contributed by atoms with E-state index in [-0.39, 0.29) is 0 Å². The van der Waals surface area contributed by atoms with Crippen LogP contribution in [-0.4, -0.2) is 23.5 Å². The number of anilines is 2. The minimum absolute atomic E-state index is 0.651. The molecule has 21 heavy (non-hydrogen) atoms. The van der Waals surface area contributed by atoms with Crippen LogP contribution in [0.15, 0.2) is 41.0 Å². The number of pyridine rings is 1. The van der Waals surface area contributed by atoms with Crippen molar-refractivity contribution in [3.8, 4) is 11.3 Å². The summed E-state index contributed by atoms with van der Waals surface area (Å²) in [5, 5.41) is 0. The van der Waals surface area contributed by atoms with Crippen LogP contribution in [0.3, 0.4) is 0 Å². The van der Waals surface area contributed by atoms with Crippen LogP contribution in [-0.2, 0) is 0 Å². The first-order chi connectivity index (χ1) is 9.97. The van der Waals surface area contributed by atoms with Crippen LogP contribution in [0.4, 0.5) is 11.5 Å². The molecule has 0 aliphatic rings. The number of aromatic nitrogens is 2. The van der Waals surface area contributed by atoms with E-state index < -0.39 is 0 Å². The molecule has 2 heterocycles. The number of rotatable bonds is 2. The van der Waals surface area contributed by atoms with Gasteiger partial charge in [-0.05, 0) is 30.7 Å². The van der Waals surface area contributed by atoms with E-state index in [1.54, 1.807) is 0 Å². The number of nitrogens with zero attached hydrogens (tertiary/aromatic N) is 3. The van der Waals surface area contributed by atoms with Crippen molar-refractivity contribution in [1.29, 1.82) is 0 Å². The molecule has 0 radical (unpaired) electrons. The molecule has 0 unspecified atom stereocenters. The van der Waals surface area contributed by atoms with Crippen LogP contribution in [0, 0.1) is 6.92 Å². The summed E-state index contributed by atoms with van der Waals surface area (Å²) in [4.78, 5) is 6.70. The summed E-state index contributed by atoms with van der Waals surface area (Å²) in [5.41, 5.74) is 11.2. The molecular weight excluding hydrogens is 328 g/mol. The van der Waals surface area contributed by atoms with Gasteiger partial charge in [0.05, 0.1) is 5.69 Å². The molecule has 0 atom stereocenters. The third-order valence-corrected chi connectivity index (χ3v) is 4.19. The molecule has 108 valence electrons. The fourth-order valence-corrected chi connectivity index (χ4v) is 3.01. The van der Waals surface area contributed by atoms with Crippen molar-refractivity contribution in [2.75, 3.05) is 24.7 Å². The minimum atomic E-state index is 0.651. The predicted molar refractivity (Wildman–Crippen MR) is 91.8 cm³/mol. The Labute approximate surface area is 132 Å². The van der Waals surface area contributed by atoms with Crippen LogP contribution in [0.25, 0.3) is 16.9 Å². The second-order valence-electron chi connectivity index (χ2n) is 5.34. The standard InChI is InChI=1S/C16H17BrN4/c1-10-4-6-12(13(17)8-10)15-16(18)21-9-11(20(2)3)5-7-14(21)19-15/h4-9H,18H2,1-3H3. The molecule has 0 saturated carbocycles. The highest BCUT2D eigenvalue weighted by atomic mass is 79.9. The lowest BCUT2D eigenvalue weighted by Gasteiger charge is -2.12. The lowest BCUT2D eigenvalue weighted by molar-refractivity contribution is 1.09. The quantitative estimate of drug-likeness (QED) is 0.770. The Balaban J connectivity index is 2.22. The van der Waals surface area contributed by atoms with Crippen LogP contribution in [0.1, 0.15) is 5.56 Å². The average molecular weight is 345 g/mol. The van der Waals surface area contributed by atoms with Crippen LogP contribution in [0.2, 0.25) is 0 Å². The van der Waals surface area contributed by atoms with Crippen molar-refractivity contribution >= 4 is 33.1 Å². The highest BCUT2D eigenvalue weighted by molar-refractivity contribution is 9.10. The van der Waals surface area contributed by atoms with Gasteiger partial charge in [0.2, 0.25) is 0 Å². The largest absolute Gasteiger partial charge is 0.383 e. The second-order valence-corrected chi connectivity index (χ2v) is 6.19. The van der Waals surface area contributed by atoms with Gasteiger partial charge in [-0.15, -0.1) is 0 Å². The van der Waals surface area contributed by atoms with Gasteiger partial charge in [0.1, 0.15) is 17.2 Å². The summed E-state index contributed by atoms with van der Waals surface area (Å²) >= 11 is 3.60. The number of fused-ring (bicyclic) bond motifs is 1. The summed E-state index contributed by atoms with van der Waals surface area (Å²) in [7, 11) is 4.01. The van der Waals surface area contributed by atoms with Gasteiger partial charge in [-0.2, -0.15) is 0 Å². The number of hydrogen-bond acceptors (Lipinski definition) is 3. The molecule has 0 spiro atoms. The molecule has 5 heteroatoms. The van der Waals surface area contributed by atoms with E-state index in [4.69, 9.17) is 5.73 Å². The van der Waals surface area contributed by atoms with Crippen molar-refractivity contribution in [2.45, 2.75) is 6.92 Å². The maximum atomic E-state index is 6.31. The van der Waals surface area contributed by atoms with E-state index in [1.807, 2.05) is 47.8 Å². The summed E-state index contributed by atoms with van der Waals surface area (Å²) < 4.78 is 2.93. The van der Waals surface area contributed by atoms with Gasteiger partial charge in [0.15, 0.2) is 0 Å². The fourth-order valence-electron chi connectivity index (χ4n) is 2.33. The predicted octanol–water partition coefficient (Wildman–Crippen LogP) is 3.72. The van der Waals surface area contributed by atoms with Crippen molar-refractivity contribution in [3.05, 3.63) is 46.6 Å².